The number of halogens is 1. The summed E-state index contributed by atoms with van der Waals surface area (Å²) in [7, 11) is -3.30. The maximum atomic E-state index is 11.6. The molecule has 1 N–H and O–H groups in total. The van der Waals surface area contributed by atoms with Gasteiger partial charge in [-0.05, 0) is 61.0 Å². The minimum atomic E-state index is -3.30. The molecule has 148 valence electrons. The van der Waals surface area contributed by atoms with Crippen LogP contribution >= 0.6 is 11.6 Å². The zero-order chi connectivity index (χ0) is 19.4. The molecular weight excluding hydrogens is 368 g/mol. The lowest BCUT2D eigenvalue weighted by Crippen LogP contribution is -2.47. The molecule has 1 heterocycles. The second kappa shape index (κ2) is 8.94. The average Bonchev–Trinajstić information content (AvgIpc) is 2.55. The van der Waals surface area contributed by atoms with E-state index < -0.39 is 10.0 Å². The number of nitrogens with zero attached hydrogens (tertiary/aromatic N) is 1. The third kappa shape index (κ3) is 5.61. The predicted octanol–water partition coefficient (Wildman–Crippen LogP) is 4.89. The van der Waals surface area contributed by atoms with Gasteiger partial charge in [-0.3, -0.25) is 4.72 Å². The number of unbranched alkanes of at least 4 members (excludes halogenated alkanes) is 3. The summed E-state index contributed by atoms with van der Waals surface area (Å²) < 4.78 is 25.7. The van der Waals surface area contributed by atoms with Gasteiger partial charge in [0.15, 0.2) is 0 Å². The Labute approximate surface area is 164 Å². The number of nitrogens with one attached hydrogen (secondary N) is 1. The largest absolute Gasteiger partial charge is 0.303 e. The van der Waals surface area contributed by atoms with Crippen molar-refractivity contribution in [2.75, 3.05) is 30.6 Å². The van der Waals surface area contributed by atoms with E-state index >= 15 is 0 Å². The van der Waals surface area contributed by atoms with Crippen LogP contribution in [0.5, 0.6) is 0 Å². The molecule has 6 heteroatoms. The van der Waals surface area contributed by atoms with Crippen LogP contribution in [0.3, 0.4) is 0 Å². The van der Waals surface area contributed by atoms with E-state index in [1.54, 1.807) is 12.1 Å². The standard InChI is InChI=1S/C20H33ClN2O2S/c1-5-6-7-8-12-23-13-11-20(3,16(2)15-23)18-14-17(9-10-19(18)21)22-26(4,24)25/h9-10,14,16,22H,5-8,11-13,15H2,1-4H3. The Bertz CT molecular complexity index is 708. The molecule has 26 heavy (non-hydrogen) atoms. The van der Waals surface area contributed by atoms with Crippen molar-refractivity contribution in [3.63, 3.8) is 0 Å². The number of rotatable bonds is 8. The number of likely N-dealkylation sites (tertiary alicyclic amines) is 1. The molecule has 0 spiro atoms. The molecule has 0 aromatic heterocycles. The fraction of sp³-hybridized carbons (Fsp3) is 0.700. The zero-order valence-electron chi connectivity index (χ0n) is 16.5. The Morgan fingerprint density at radius 3 is 2.65 bits per heavy atom. The highest BCUT2D eigenvalue weighted by Gasteiger charge is 2.39. The minimum absolute atomic E-state index is 0.0494. The van der Waals surface area contributed by atoms with Gasteiger partial charge >= 0.3 is 0 Å². The SMILES string of the molecule is CCCCCCN1CCC(C)(c2cc(NS(C)(=O)=O)ccc2Cl)C(C)C1. The molecule has 0 saturated carbocycles. The Balaban J connectivity index is 2.11. The van der Waals surface area contributed by atoms with Gasteiger partial charge in [-0.1, -0.05) is 51.6 Å². The van der Waals surface area contributed by atoms with Crippen LogP contribution in [0, 0.1) is 5.92 Å². The van der Waals surface area contributed by atoms with Crippen LogP contribution in [0.4, 0.5) is 5.69 Å². The molecule has 0 bridgehead atoms. The van der Waals surface area contributed by atoms with Crippen LogP contribution in [-0.4, -0.2) is 39.2 Å². The van der Waals surface area contributed by atoms with Crippen LogP contribution in [0.1, 0.15) is 58.4 Å². The molecule has 2 unspecified atom stereocenters. The molecule has 1 aromatic rings. The van der Waals surface area contributed by atoms with E-state index in [1.165, 1.54) is 38.5 Å². The van der Waals surface area contributed by atoms with Gasteiger partial charge in [-0.2, -0.15) is 0 Å². The van der Waals surface area contributed by atoms with Crippen LogP contribution in [0.2, 0.25) is 5.02 Å². The summed E-state index contributed by atoms with van der Waals surface area (Å²) in [6.45, 7) is 10.1. The van der Waals surface area contributed by atoms with Crippen molar-refractivity contribution in [2.45, 2.75) is 58.3 Å². The topological polar surface area (TPSA) is 49.4 Å². The number of piperidine rings is 1. The molecule has 0 amide bonds. The van der Waals surface area contributed by atoms with Crippen molar-refractivity contribution in [1.82, 2.24) is 4.90 Å². The summed E-state index contributed by atoms with van der Waals surface area (Å²) in [4.78, 5) is 2.56. The number of hydrogen-bond donors (Lipinski definition) is 1. The first-order valence-electron chi connectivity index (χ1n) is 9.66. The molecule has 1 aromatic carbocycles. The summed E-state index contributed by atoms with van der Waals surface area (Å²) >= 11 is 6.52. The third-order valence-corrected chi connectivity index (χ3v) is 6.72. The van der Waals surface area contributed by atoms with Gasteiger partial charge < -0.3 is 4.90 Å². The highest BCUT2D eigenvalue weighted by atomic mass is 35.5. The molecule has 1 aliphatic heterocycles. The maximum Gasteiger partial charge on any atom is 0.229 e. The zero-order valence-corrected chi connectivity index (χ0v) is 18.1. The van der Waals surface area contributed by atoms with E-state index in [0.29, 0.717) is 11.6 Å². The quantitative estimate of drug-likeness (QED) is 0.632. The van der Waals surface area contributed by atoms with Gasteiger partial charge in [-0.25, -0.2) is 8.42 Å². The lowest BCUT2D eigenvalue weighted by atomic mass is 9.68. The van der Waals surface area contributed by atoms with Gasteiger partial charge in [0, 0.05) is 17.3 Å². The summed E-state index contributed by atoms with van der Waals surface area (Å²) in [5.74, 6) is 0.452. The highest BCUT2D eigenvalue weighted by Crippen LogP contribution is 2.43. The molecule has 0 aliphatic carbocycles. The van der Waals surface area contributed by atoms with E-state index in [2.05, 4.69) is 30.4 Å². The van der Waals surface area contributed by atoms with Gasteiger partial charge in [0.25, 0.3) is 0 Å². The predicted molar refractivity (Wildman–Crippen MR) is 112 cm³/mol. The lowest BCUT2D eigenvalue weighted by molar-refractivity contribution is 0.109. The van der Waals surface area contributed by atoms with Crippen molar-refractivity contribution >= 4 is 27.3 Å². The first-order chi connectivity index (χ1) is 12.2. The lowest BCUT2D eigenvalue weighted by Gasteiger charge is -2.45. The maximum absolute atomic E-state index is 11.6. The van der Waals surface area contributed by atoms with E-state index in [9.17, 15) is 8.42 Å². The Morgan fingerprint density at radius 2 is 2.04 bits per heavy atom. The molecule has 2 atom stereocenters. The number of hydrogen-bond acceptors (Lipinski definition) is 3. The average molecular weight is 401 g/mol. The monoisotopic (exact) mass is 400 g/mol. The molecular formula is C20H33ClN2O2S. The third-order valence-electron chi connectivity index (χ3n) is 5.78. The Kier molecular flexibility index (Phi) is 7.40. The van der Waals surface area contributed by atoms with Crippen LogP contribution in [0.15, 0.2) is 18.2 Å². The summed E-state index contributed by atoms with van der Waals surface area (Å²) in [5, 5.41) is 0.717. The summed E-state index contributed by atoms with van der Waals surface area (Å²) in [6, 6.07) is 5.44. The molecule has 1 saturated heterocycles. The van der Waals surface area contributed by atoms with Crippen LogP contribution in [0.25, 0.3) is 0 Å². The van der Waals surface area contributed by atoms with Gasteiger partial charge in [0.05, 0.1) is 6.26 Å². The van der Waals surface area contributed by atoms with Gasteiger partial charge in [0.2, 0.25) is 10.0 Å². The molecule has 0 radical (unpaired) electrons. The van der Waals surface area contributed by atoms with Gasteiger partial charge in [-0.15, -0.1) is 0 Å². The number of anilines is 1. The van der Waals surface area contributed by atoms with Gasteiger partial charge in [0.1, 0.15) is 0 Å². The minimum Gasteiger partial charge on any atom is -0.303 e. The summed E-state index contributed by atoms with van der Waals surface area (Å²) in [5.41, 5.74) is 1.58. The second-order valence-corrected chi connectivity index (χ2v) is 10.2. The Hall–Kier alpha value is -0.780. The van der Waals surface area contributed by atoms with Crippen molar-refractivity contribution in [1.29, 1.82) is 0 Å². The van der Waals surface area contributed by atoms with E-state index in [4.69, 9.17) is 11.6 Å². The fourth-order valence-electron chi connectivity index (χ4n) is 3.92. The summed E-state index contributed by atoms with van der Waals surface area (Å²) in [6.07, 6.45) is 7.36. The normalized spacial score (nSPS) is 24.6. The van der Waals surface area contributed by atoms with E-state index in [0.717, 1.165) is 30.1 Å². The highest BCUT2D eigenvalue weighted by molar-refractivity contribution is 7.92. The molecule has 4 nitrogen and oxygen atoms in total. The van der Waals surface area contributed by atoms with Crippen molar-refractivity contribution in [3.8, 4) is 0 Å². The number of sulfonamides is 1. The van der Waals surface area contributed by atoms with E-state index in [1.807, 2.05) is 6.07 Å². The van der Waals surface area contributed by atoms with Crippen LogP contribution < -0.4 is 4.72 Å². The van der Waals surface area contributed by atoms with Crippen LogP contribution in [-0.2, 0) is 15.4 Å². The number of benzene rings is 1. The van der Waals surface area contributed by atoms with Crippen molar-refractivity contribution in [3.05, 3.63) is 28.8 Å². The Morgan fingerprint density at radius 1 is 1.31 bits per heavy atom. The molecule has 2 rings (SSSR count). The first-order valence-corrected chi connectivity index (χ1v) is 11.9. The van der Waals surface area contributed by atoms with Crippen molar-refractivity contribution in [2.24, 2.45) is 5.92 Å². The van der Waals surface area contributed by atoms with E-state index in [-0.39, 0.29) is 5.41 Å². The smallest absolute Gasteiger partial charge is 0.229 e. The first kappa shape index (κ1) is 21.5. The van der Waals surface area contributed by atoms with Crippen molar-refractivity contribution < 1.29 is 8.42 Å². The molecule has 1 fully saturated rings. The molecule has 1 aliphatic rings. The fourth-order valence-corrected chi connectivity index (χ4v) is 4.81. The second-order valence-electron chi connectivity index (χ2n) is 8.00.